The minimum atomic E-state index is -0.986. The summed E-state index contributed by atoms with van der Waals surface area (Å²) in [5.74, 6) is -1.14. The molecule has 4 rings (SSSR count). The quantitative estimate of drug-likeness (QED) is 0.285. The Morgan fingerprint density at radius 3 is 2.00 bits per heavy atom. The molecule has 3 N–H and O–H groups in total. The molecule has 154 valence electrons. The van der Waals surface area contributed by atoms with Crippen molar-refractivity contribution in [1.29, 1.82) is 0 Å². The van der Waals surface area contributed by atoms with Crippen LogP contribution in [0.15, 0.2) is 72.8 Å². The normalized spacial score (nSPS) is 11.9. The number of non-ortho nitro benzene ring substituents is 1. The summed E-state index contributed by atoms with van der Waals surface area (Å²) in [6.07, 6.45) is 0.111. The second-order valence-electron chi connectivity index (χ2n) is 7.08. The number of amides is 2. The zero-order chi connectivity index (χ0) is 22.0. The Bertz CT molecular complexity index is 1260. The van der Waals surface area contributed by atoms with Crippen LogP contribution in [0.4, 0.5) is 5.69 Å². The molecule has 8 heteroatoms. The number of para-hydroxylation sites is 2. The van der Waals surface area contributed by atoms with Gasteiger partial charge in [0.05, 0.1) is 21.5 Å². The molecule has 1 aromatic heterocycles. The third-order valence-corrected chi connectivity index (χ3v) is 5.05. The highest BCUT2D eigenvalue weighted by Crippen LogP contribution is 2.26. The molecule has 2 amide bonds. The number of primary amides is 1. The zero-order valence-corrected chi connectivity index (χ0v) is 16.3. The fraction of sp³-hybridized carbons (Fsp3) is 0.0870. The SMILES string of the molecule is NC(=O)[C@H](Cc1ccc([N+](=O)[O-])cc1)NC(=O)c1c2ccccc2nc2ccccc12. The number of nitrogens with one attached hydrogen (secondary N) is 1. The van der Waals surface area contributed by atoms with E-state index in [2.05, 4.69) is 10.3 Å². The van der Waals surface area contributed by atoms with Crippen molar-refractivity contribution in [3.8, 4) is 0 Å². The van der Waals surface area contributed by atoms with E-state index in [0.29, 0.717) is 32.9 Å². The summed E-state index contributed by atoms with van der Waals surface area (Å²) in [5.41, 5.74) is 7.86. The number of nitro groups is 1. The van der Waals surface area contributed by atoms with Crippen LogP contribution in [0.1, 0.15) is 15.9 Å². The number of carbonyl (C=O) groups is 2. The number of aromatic nitrogens is 1. The van der Waals surface area contributed by atoms with Crippen LogP contribution in [0.3, 0.4) is 0 Å². The highest BCUT2D eigenvalue weighted by molar-refractivity contribution is 6.16. The Kier molecular flexibility index (Phi) is 5.28. The average molecular weight is 414 g/mol. The maximum atomic E-state index is 13.3. The third-order valence-electron chi connectivity index (χ3n) is 5.05. The van der Waals surface area contributed by atoms with Gasteiger partial charge in [-0.05, 0) is 17.7 Å². The lowest BCUT2D eigenvalue weighted by Gasteiger charge is -2.17. The Morgan fingerprint density at radius 1 is 0.935 bits per heavy atom. The Hall–Kier alpha value is -4.33. The van der Waals surface area contributed by atoms with E-state index >= 15 is 0 Å². The molecule has 0 aliphatic heterocycles. The van der Waals surface area contributed by atoms with Crippen LogP contribution in [-0.4, -0.2) is 27.8 Å². The summed E-state index contributed by atoms with van der Waals surface area (Å²) in [5, 5.41) is 14.9. The molecule has 0 fully saturated rings. The highest BCUT2D eigenvalue weighted by Gasteiger charge is 2.23. The van der Waals surface area contributed by atoms with Crippen molar-refractivity contribution in [3.05, 3.63) is 94.0 Å². The van der Waals surface area contributed by atoms with Crippen LogP contribution in [0.5, 0.6) is 0 Å². The van der Waals surface area contributed by atoms with Gasteiger partial charge in [0, 0.05) is 29.3 Å². The summed E-state index contributed by atoms with van der Waals surface area (Å²) >= 11 is 0. The van der Waals surface area contributed by atoms with Gasteiger partial charge in [0.2, 0.25) is 5.91 Å². The summed E-state index contributed by atoms with van der Waals surface area (Å²) in [6.45, 7) is 0. The van der Waals surface area contributed by atoms with E-state index in [9.17, 15) is 19.7 Å². The molecule has 3 aromatic carbocycles. The van der Waals surface area contributed by atoms with Crippen molar-refractivity contribution in [3.63, 3.8) is 0 Å². The van der Waals surface area contributed by atoms with Gasteiger partial charge in [-0.25, -0.2) is 4.98 Å². The Morgan fingerprint density at radius 2 is 1.48 bits per heavy atom. The number of fused-ring (bicyclic) bond motifs is 2. The lowest BCUT2D eigenvalue weighted by Crippen LogP contribution is -2.46. The van der Waals surface area contributed by atoms with Crippen LogP contribution < -0.4 is 11.1 Å². The zero-order valence-electron chi connectivity index (χ0n) is 16.3. The minimum absolute atomic E-state index is 0.0573. The van der Waals surface area contributed by atoms with Gasteiger partial charge in [0.1, 0.15) is 6.04 Å². The first-order valence-electron chi connectivity index (χ1n) is 9.55. The van der Waals surface area contributed by atoms with Crippen LogP contribution in [0.2, 0.25) is 0 Å². The van der Waals surface area contributed by atoms with Gasteiger partial charge in [-0.3, -0.25) is 19.7 Å². The van der Waals surface area contributed by atoms with Gasteiger partial charge in [-0.2, -0.15) is 0 Å². The van der Waals surface area contributed by atoms with Crippen molar-refractivity contribution in [2.45, 2.75) is 12.5 Å². The summed E-state index contributed by atoms with van der Waals surface area (Å²) < 4.78 is 0. The molecule has 0 saturated heterocycles. The van der Waals surface area contributed by atoms with E-state index < -0.39 is 22.8 Å². The van der Waals surface area contributed by atoms with Crippen LogP contribution in [0, 0.1) is 10.1 Å². The Labute approximate surface area is 176 Å². The molecule has 0 aliphatic carbocycles. The van der Waals surface area contributed by atoms with E-state index in [4.69, 9.17) is 5.73 Å². The molecule has 1 atom stereocenters. The van der Waals surface area contributed by atoms with Crippen molar-refractivity contribution in [1.82, 2.24) is 10.3 Å². The van der Waals surface area contributed by atoms with Gasteiger partial charge < -0.3 is 11.1 Å². The first-order valence-corrected chi connectivity index (χ1v) is 9.55. The first kappa shape index (κ1) is 20.0. The molecule has 0 unspecified atom stereocenters. The lowest BCUT2D eigenvalue weighted by molar-refractivity contribution is -0.384. The molecule has 0 saturated carbocycles. The topological polar surface area (TPSA) is 128 Å². The molecule has 0 radical (unpaired) electrons. The van der Waals surface area contributed by atoms with E-state index in [-0.39, 0.29) is 12.1 Å². The summed E-state index contributed by atoms with van der Waals surface area (Å²) in [7, 11) is 0. The smallest absolute Gasteiger partial charge is 0.269 e. The fourth-order valence-corrected chi connectivity index (χ4v) is 3.53. The van der Waals surface area contributed by atoms with Gasteiger partial charge >= 0.3 is 0 Å². The summed E-state index contributed by atoms with van der Waals surface area (Å²) in [4.78, 5) is 40.3. The molecular formula is C23H18N4O4. The van der Waals surface area contributed by atoms with Crippen LogP contribution in [0.25, 0.3) is 21.8 Å². The number of carbonyl (C=O) groups excluding carboxylic acids is 2. The average Bonchev–Trinajstić information content (AvgIpc) is 2.77. The predicted octanol–water partition coefficient (Wildman–Crippen LogP) is 3.12. The van der Waals surface area contributed by atoms with Crippen LogP contribution >= 0.6 is 0 Å². The van der Waals surface area contributed by atoms with Gasteiger partial charge in [-0.15, -0.1) is 0 Å². The third kappa shape index (κ3) is 4.04. The van der Waals surface area contributed by atoms with Crippen molar-refractivity contribution < 1.29 is 14.5 Å². The van der Waals surface area contributed by atoms with E-state index in [1.165, 1.54) is 24.3 Å². The second-order valence-corrected chi connectivity index (χ2v) is 7.08. The maximum absolute atomic E-state index is 13.3. The van der Waals surface area contributed by atoms with Gasteiger partial charge in [0.25, 0.3) is 11.6 Å². The number of pyridine rings is 1. The maximum Gasteiger partial charge on any atom is 0.269 e. The predicted molar refractivity (Wildman–Crippen MR) is 116 cm³/mol. The number of nitrogens with zero attached hydrogens (tertiary/aromatic N) is 2. The molecule has 0 spiro atoms. The number of nitro benzene ring substituents is 1. The van der Waals surface area contributed by atoms with Crippen molar-refractivity contribution in [2.24, 2.45) is 5.73 Å². The fourth-order valence-electron chi connectivity index (χ4n) is 3.53. The van der Waals surface area contributed by atoms with Crippen molar-refractivity contribution in [2.75, 3.05) is 0 Å². The molecule has 31 heavy (non-hydrogen) atoms. The summed E-state index contributed by atoms with van der Waals surface area (Å²) in [6, 6.07) is 19.3. The first-order chi connectivity index (χ1) is 14.9. The van der Waals surface area contributed by atoms with Gasteiger partial charge in [-0.1, -0.05) is 48.5 Å². The molecule has 0 aliphatic rings. The second kappa shape index (κ2) is 8.19. The van der Waals surface area contributed by atoms with E-state index in [1.54, 1.807) is 12.1 Å². The highest BCUT2D eigenvalue weighted by atomic mass is 16.6. The molecule has 1 heterocycles. The van der Waals surface area contributed by atoms with Gasteiger partial charge in [0.15, 0.2) is 0 Å². The molecule has 8 nitrogen and oxygen atoms in total. The van der Waals surface area contributed by atoms with E-state index in [0.717, 1.165) is 0 Å². The number of benzene rings is 3. The van der Waals surface area contributed by atoms with E-state index in [1.807, 2.05) is 36.4 Å². The lowest BCUT2D eigenvalue weighted by atomic mass is 10.0. The minimum Gasteiger partial charge on any atom is -0.368 e. The monoisotopic (exact) mass is 414 g/mol. The molecule has 0 bridgehead atoms. The standard InChI is InChI=1S/C23H18N4O4/c24-22(28)20(13-14-9-11-15(12-10-14)27(30)31)26-23(29)21-16-5-1-3-7-18(16)25-19-8-4-2-6-17(19)21/h1-12,20H,13H2,(H2,24,28)(H,26,29)/t20-/m0/s1. The van der Waals surface area contributed by atoms with Crippen molar-refractivity contribution >= 4 is 39.3 Å². The van der Waals surface area contributed by atoms with Crippen LogP contribution in [-0.2, 0) is 11.2 Å². The number of hydrogen-bond donors (Lipinski definition) is 2. The largest absolute Gasteiger partial charge is 0.368 e. The molecule has 4 aromatic rings. The number of hydrogen-bond acceptors (Lipinski definition) is 5. The Balaban J connectivity index is 1.68. The number of nitrogens with two attached hydrogens (primary N) is 1. The number of rotatable bonds is 6. The molecular weight excluding hydrogens is 396 g/mol.